The quantitative estimate of drug-likeness (QED) is 0.0988. The van der Waals surface area contributed by atoms with Crippen molar-refractivity contribution in [2.24, 2.45) is 0 Å². The van der Waals surface area contributed by atoms with Crippen LogP contribution in [0, 0.1) is 0 Å². The van der Waals surface area contributed by atoms with Gasteiger partial charge in [0.1, 0.15) is 37.1 Å². The van der Waals surface area contributed by atoms with Crippen molar-refractivity contribution < 1.29 is 42.2 Å². The van der Waals surface area contributed by atoms with Crippen molar-refractivity contribution in [2.75, 3.05) is 25.3 Å². The SMILES string of the molecule is CC(=O)Oc1ccc(COP(=O)(COCCOn2cnc3c(N)ncnc32)OCc2ccc(OC(C)=O)cc2)cc1. The summed E-state index contributed by atoms with van der Waals surface area (Å²) < 4.78 is 42.0. The molecule has 41 heavy (non-hydrogen) atoms. The number of carbonyl (C=O) groups excluding carboxylic acids is 2. The highest BCUT2D eigenvalue weighted by molar-refractivity contribution is 7.53. The van der Waals surface area contributed by atoms with Crippen LogP contribution in [0.5, 0.6) is 11.5 Å². The summed E-state index contributed by atoms with van der Waals surface area (Å²) in [7, 11) is -3.77. The number of hydrogen-bond donors (Lipinski definition) is 1. The highest BCUT2D eigenvalue weighted by atomic mass is 31.2. The molecule has 0 bridgehead atoms. The number of nitrogen functional groups attached to an aromatic ring is 1. The Morgan fingerprint density at radius 1 is 0.829 bits per heavy atom. The molecule has 0 radical (unpaired) electrons. The van der Waals surface area contributed by atoms with Gasteiger partial charge in [-0.05, 0) is 35.4 Å². The fraction of sp³-hybridized carbons (Fsp3) is 0.269. The zero-order valence-electron chi connectivity index (χ0n) is 22.3. The molecule has 0 saturated carbocycles. The van der Waals surface area contributed by atoms with Gasteiger partial charge in [-0.3, -0.25) is 14.2 Å². The molecule has 0 aliphatic rings. The van der Waals surface area contributed by atoms with Crippen LogP contribution in [0.1, 0.15) is 25.0 Å². The first kappa shape index (κ1) is 29.6. The zero-order valence-corrected chi connectivity index (χ0v) is 23.2. The van der Waals surface area contributed by atoms with E-state index in [0.29, 0.717) is 33.8 Å². The van der Waals surface area contributed by atoms with Gasteiger partial charge in [-0.15, -0.1) is 0 Å². The van der Waals surface area contributed by atoms with Crippen molar-refractivity contribution in [1.82, 2.24) is 19.7 Å². The van der Waals surface area contributed by atoms with E-state index in [2.05, 4.69) is 15.0 Å². The third kappa shape index (κ3) is 8.82. The zero-order chi connectivity index (χ0) is 29.2. The molecule has 2 heterocycles. The highest BCUT2D eigenvalue weighted by Gasteiger charge is 2.26. The first-order chi connectivity index (χ1) is 19.7. The number of anilines is 1. The molecule has 4 rings (SSSR count). The number of aromatic nitrogens is 4. The molecule has 0 aliphatic carbocycles. The van der Waals surface area contributed by atoms with E-state index >= 15 is 0 Å². The van der Waals surface area contributed by atoms with Gasteiger partial charge < -0.3 is 33.8 Å². The first-order valence-corrected chi connectivity index (χ1v) is 14.0. The molecule has 2 N–H and O–H groups in total. The van der Waals surface area contributed by atoms with Crippen LogP contribution in [0.25, 0.3) is 11.2 Å². The topological polar surface area (TPSA) is 176 Å². The van der Waals surface area contributed by atoms with Crippen molar-refractivity contribution in [3.8, 4) is 11.5 Å². The van der Waals surface area contributed by atoms with Gasteiger partial charge in [0.2, 0.25) is 5.65 Å². The first-order valence-electron chi connectivity index (χ1n) is 12.3. The number of ether oxygens (including phenoxy) is 3. The predicted molar refractivity (Wildman–Crippen MR) is 145 cm³/mol. The summed E-state index contributed by atoms with van der Waals surface area (Å²) in [6.45, 7) is 2.63. The Hall–Kier alpha value is -4.36. The van der Waals surface area contributed by atoms with Crippen LogP contribution >= 0.6 is 7.60 Å². The van der Waals surface area contributed by atoms with Gasteiger partial charge in [-0.25, -0.2) is 15.0 Å². The highest BCUT2D eigenvalue weighted by Crippen LogP contribution is 2.49. The summed E-state index contributed by atoms with van der Waals surface area (Å²) in [5, 5.41) is 0. The van der Waals surface area contributed by atoms with Crippen LogP contribution in [0.3, 0.4) is 0 Å². The Morgan fingerprint density at radius 2 is 1.39 bits per heavy atom. The van der Waals surface area contributed by atoms with Crippen LogP contribution in [0.2, 0.25) is 0 Å². The maximum absolute atomic E-state index is 13.6. The van der Waals surface area contributed by atoms with Crippen molar-refractivity contribution in [3.05, 3.63) is 72.3 Å². The van der Waals surface area contributed by atoms with Crippen molar-refractivity contribution in [1.29, 1.82) is 0 Å². The summed E-state index contributed by atoms with van der Waals surface area (Å²) in [5.74, 6) is 0.105. The van der Waals surface area contributed by atoms with E-state index in [4.69, 9.17) is 33.8 Å². The minimum atomic E-state index is -3.77. The van der Waals surface area contributed by atoms with Crippen molar-refractivity contribution in [2.45, 2.75) is 27.1 Å². The number of nitrogens with zero attached hydrogens (tertiary/aromatic N) is 4. The Kier molecular flexibility index (Phi) is 9.98. The largest absolute Gasteiger partial charge is 0.427 e. The van der Waals surface area contributed by atoms with Gasteiger partial charge in [0.05, 0.1) is 19.8 Å². The van der Waals surface area contributed by atoms with Gasteiger partial charge in [0.15, 0.2) is 11.3 Å². The van der Waals surface area contributed by atoms with E-state index in [1.807, 2.05) is 0 Å². The maximum Gasteiger partial charge on any atom is 0.356 e. The number of rotatable bonds is 14. The summed E-state index contributed by atoms with van der Waals surface area (Å²) in [6.07, 6.45) is 2.36. The molecular weight excluding hydrogens is 557 g/mol. The lowest BCUT2D eigenvalue weighted by Gasteiger charge is -2.19. The van der Waals surface area contributed by atoms with Gasteiger partial charge in [-0.1, -0.05) is 24.3 Å². The molecule has 2 aromatic carbocycles. The molecule has 0 unspecified atom stereocenters. The third-order valence-electron chi connectivity index (χ3n) is 5.26. The summed E-state index contributed by atoms with van der Waals surface area (Å²) in [6, 6.07) is 13.1. The van der Waals surface area contributed by atoms with E-state index < -0.39 is 19.5 Å². The fourth-order valence-corrected chi connectivity index (χ4v) is 4.66. The Balaban J connectivity index is 1.34. The summed E-state index contributed by atoms with van der Waals surface area (Å²) in [4.78, 5) is 40.0. The third-order valence-corrected chi connectivity index (χ3v) is 6.81. The normalized spacial score (nSPS) is 11.4. The van der Waals surface area contributed by atoms with E-state index in [0.717, 1.165) is 0 Å². The molecule has 4 aromatic rings. The second-order valence-electron chi connectivity index (χ2n) is 8.51. The van der Waals surface area contributed by atoms with Gasteiger partial charge in [0.25, 0.3) is 0 Å². The molecule has 0 atom stereocenters. The van der Waals surface area contributed by atoms with Crippen LogP contribution in [-0.4, -0.2) is 51.2 Å². The maximum atomic E-state index is 13.6. The Labute approximate surface area is 234 Å². The second-order valence-corrected chi connectivity index (χ2v) is 10.5. The molecule has 0 fully saturated rings. The van der Waals surface area contributed by atoms with Crippen molar-refractivity contribution in [3.63, 3.8) is 0 Å². The van der Waals surface area contributed by atoms with Crippen LogP contribution in [-0.2, 0) is 41.2 Å². The molecular formula is C26H28N5O9P. The second kappa shape index (κ2) is 13.8. The monoisotopic (exact) mass is 585 g/mol. The lowest BCUT2D eigenvalue weighted by molar-refractivity contribution is -0.132. The Bertz CT molecular complexity index is 1460. The molecule has 0 aliphatic heterocycles. The van der Waals surface area contributed by atoms with Gasteiger partial charge in [0, 0.05) is 13.8 Å². The van der Waals surface area contributed by atoms with Crippen molar-refractivity contribution >= 4 is 36.5 Å². The molecule has 0 amide bonds. The minimum absolute atomic E-state index is 0.0467. The molecule has 0 spiro atoms. The van der Waals surface area contributed by atoms with Crippen LogP contribution in [0.15, 0.2) is 61.2 Å². The molecule has 14 nitrogen and oxygen atoms in total. The lowest BCUT2D eigenvalue weighted by Crippen LogP contribution is -2.17. The number of carbonyl (C=O) groups is 2. The smallest absolute Gasteiger partial charge is 0.356 e. The number of esters is 2. The van der Waals surface area contributed by atoms with Crippen LogP contribution < -0.4 is 20.0 Å². The standard InChI is InChI=1S/C26H28N5O9P/c1-18(32)39-22-7-3-20(4-8-22)13-37-41(34,38-14-21-5-9-23(10-6-21)40-19(2)33)17-35-11-12-36-31-16-30-24-25(27)28-15-29-26(24)31/h3-10,15-16H,11-14,17H2,1-2H3,(H2,27,28,29). The minimum Gasteiger partial charge on any atom is -0.427 e. The molecule has 15 heteroatoms. The number of imidazole rings is 1. The van der Waals surface area contributed by atoms with Crippen LogP contribution in [0.4, 0.5) is 5.82 Å². The fourth-order valence-electron chi connectivity index (χ4n) is 3.39. The van der Waals surface area contributed by atoms with E-state index in [1.165, 1.54) is 31.2 Å². The average Bonchev–Trinajstić information content (AvgIpc) is 3.36. The number of nitrogens with two attached hydrogens (primary N) is 1. The summed E-state index contributed by atoms with van der Waals surface area (Å²) >= 11 is 0. The number of benzene rings is 2. The van der Waals surface area contributed by atoms with E-state index in [9.17, 15) is 14.2 Å². The molecule has 216 valence electrons. The van der Waals surface area contributed by atoms with Gasteiger partial charge >= 0.3 is 19.5 Å². The molecule has 2 aromatic heterocycles. The molecule has 0 saturated heterocycles. The van der Waals surface area contributed by atoms with Gasteiger partial charge in [-0.2, -0.15) is 4.73 Å². The Morgan fingerprint density at radius 3 is 1.93 bits per heavy atom. The number of fused-ring (bicyclic) bond motifs is 1. The van der Waals surface area contributed by atoms with E-state index in [-0.39, 0.29) is 38.6 Å². The number of hydrogen-bond acceptors (Lipinski definition) is 13. The van der Waals surface area contributed by atoms with E-state index in [1.54, 1.807) is 48.5 Å². The summed E-state index contributed by atoms with van der Waals surface area (Å²) in [5.41, 5.74) is 7.93. The lowest BCUT2D eigenvalue weighted by atomic mass is 10.2. The average molecular weight is 586 g/mol. The predicted octanol–water partition coefficient (Wildman–Crippen LogP) is 3.29.